The van der Waals surface area contributed by atoms with Crippen LogP contribution in [-0.4, -0.2) is 11.6 Å². The second-order valence-corrected chi connectivity index (χ2v) is 5.46. The Hall–Kier alpha value is -1.39. The van der Waals surface area contributed by atoms with E-state index in [0.29, 0.717) is 6.61 Å². The molecule has 1 aromatic carbocycles. The van der Waals surface area contributed by atoms with E-state index in [2.05, 4.69) is 13.0 Å². The van der Waals surface area contributed by atoms with E-state index in [9.17, 15) is 0 Å². The van der Waals surface area contributed by atoms with E-state index in [1.54, 1.807) is 11.3 Å². The molecule has 102 valence electrons. The highest BCUT2D eigenvalue weighted by atomic mass is 32.1. The number of ether oxygens (including phenoxy) is 1. The third-order valence-corrected chi connectivity index (χ3v) is 4.22. The maximum atomic E-state index is 6.00. The molecule has 0 fully saturated rings. The number of aromatic nitrogens is 1. The lowest BCUT2D eigenvalue weighted by Gasteiger charge is -2.04. The van der Waals surface area contributed by atoms with Crippen LogP contribution in [0.2, 0.25) is 0 Å². The van der Waals surface area contributed by atoms with Gasteiger partial charge < -0.3 is 10.5 Å². The first-order chi connectivity index (χ1) is 9.15. The first-order valence-electron chi connectivity index (χ1n) is 6.64. The van der Waals surface area contributed by atoms with Gasteiger partial charge in [-0.25, -0.2) is 4.98 Å². The molecule has 0 saturated heterocycles. The van der Waals surface area contributed by atoms with Crippen LogP contribution in [0.5, 0.6) is 5.75 Å². The van der Waals surface area contributed by atoms with E-state index in [4.69, 9.17) is 15.5 Å². The van der Waals surface area contributed by atoms with Crippen LogP contribution in [-0.2, 0) is 6.42 Å². The van der Waals surface area contributed by atoms with Crippen LogP contribution in [0.3, 0.4) is 0 Å². The van der Waals surface area contributed by atoms with Crippen LogP contribution < -0.4 is 10.5 Å². The molecule has 0 radical (unpaired) electrons. The molecule has 2 rings (SSSR count). The number of nitrogens with zero attached hydrogens (tertiary/aromatic N) is 1. The molecule has 4 heteroatoms. The van der Waals surface area contributed by atoms with Crippen molar-refractivity contribution in [2.75, 3.05) is 6.61 Å². The van der Waals surface area contributed by atoms with E-state index >= 15 is 0 Å². The van der Waals surface area contributed by atoms with E-state index < -0.39 is 0 Å². The molecule has 0 aliphatic rings. The summed E-state index contributed by atoms with van der Waals surface area (Å²) in [6, 6.07) is 8.10. The second-order valence-electron chi connectivity index (χ2n) is 4.43. The molecule has 2 N–H and O–H groups in total. The fourth-order valence-electron chi connectivity index (χ4n) is 1.98. The number of nitrogens with two attached hydrogens (primary N) is 1. The summed E-state index contributed by atoms with van der Waals surface area (Å²) in [6.07, 6.45) is 0.915. The summed E-state index contributed by atoms with van der Waals surface area (Å²) in [7, 11) is 0. The molecule has 2 aromatic rings. The molecule has 1 atom stereocenters. The Kier molecular flexibility index (Phi) is 4.56. The van der Waals surface area contributed by atoms with Crippen LogP contribution in [0.25, 0.3) is 10.6 Å². The molecular weight excluding hydrogens is 256 g/mol. The Morgan fingerprint density at radius 3 is 2.74 bits per heavy atom. The van der Waals surface area contributed by atoms with Crippen molar-refractivity contribution < 1.29 is 4.74 Å². The third kappa shape index (κ3) is 3.14. The fourth-order valence-corrected chi connectivity index (χ4v) is 3.08. The SMILES string of the molecule is CCOc1cccc(-c2nc(CC)c(C(C)N)s2)c1. The number of aryl methyl sites for hydroxylation is 1. The number of hydrogen-bond donors (Lipinski definition) is 1. The van der Waals surface area contributed by atoms with Gasteiger partial charge in [0.1, 0.15) is 10.8 Å². The van der Waals surface area contributed by atoms with Crippen molar-refractivity contribution in [2.45, 2.75) is 33.2 Å². The van der Waals surface area contributed by atoms with Crippen molar-refractivity contribution in [3.8, 4) is 16.3 Å². The van der Waals surface area contributed by atoms with Gasteiger partial charge in [-0.2, -0.15) is 0 Å². The Labute approximate surface area is 118 Å². The zero-order chi connectivity index (χ0) is 13.8. The van der Waals surface area contributed by atoms with Crippen molar-refractivity contribution in [3.05, 3.63) is 34.8 Å². The minimum absolute atomic E-state index is 0.0382. The number of rotatable bonds is 5. The van der Waals surface area contributed by atoms with Crippen molar-refractivity contribution >= 4 is 11.3 Å². The fraction of sp³-hybridized carbons (Fsp3) is 0.400. The average Bonchev–Trinajstić information content (AvgIpc) is 2.84. The molecule has 3 nitrogen and oxygen atoms in total. The van der Waals surface area contributed by atoms with Crippen LogP contribution in [0.1, 0.15) is 37.4 Å². The average molecular weight is 276 g/mol. The second kappa shape index (κ2) is 6.17. The number of thiazole rings is 1. The van der Waals surface area contributed by atoms with Crippen LogP contribution in [0, 0.1) is 0 Å². The standard InChI is InChI=1S/C15H20N2OS/c1-4-13-14(10(3)16)19-15(17-13)11-7-6-8-12(9-11)18-5-2/h6-10H,4-5,16H2,1-3H3. The molecule has 0 saturated carbocycles. The highest BCUT2D eigenvalue weighted by Gasteiger charge is 2.14. The van der Waals surface area contributed by atoms with Crippen molar-refractivity contribution in [2.24, 2.45) is 5.73 Å². The highest BCUT2D eigenvalue weighted by Crippen LogP contribution is 2.32. The Morgan fingerprint density at radius 2 is 2.16 bits per heavy atom. The van der Waals surface area contributed by atoms with E-state index in [1.807, 2.05) is 32.0 Å². The molecule has 0 aliphatic carbocycles. The summed E-state index contributed by atoms with van der Waals surface area (Å²) in [5.74, 6) is 0.885. The van der Waals surface area contributed by atoms with Crippen molar-refractivity contribution in [3.63, 3.8) is 0 Å². The van der Waals surface area contributed by atoms with Crippen molar-refractivity contribution in [1.29, 1.82) is 0 Å². The zero-order valence-electron chi connectivity index (χ0n) is 11.6. The van der Waals surface area contributed by atoms with Crippen LogP contribution >= 0.6 is 11.3 Å². The topological polar surface area (TPSA) is 48.1 Å². The predicted octanol–water partition coefficient (Wildman–Crippen LogP) is 3.79. The quantitative estimate of drug-likeness (QED) is 0.903. The Bertz CT molecular complexity index is 549. The first-order valence-corrected chi connectivity index (χ1v) is 7.45. The molecule has 0 spiro atoms. The van der Waals surface area contributed by atoms with Gasteiger partial charge in [0.25, 0.3) is 0 Å². The number of benzene rings is 1. The van der Waals surface area contributed by atoms with Gasteiger partial charge in [0.05, 0.1) is 12.3 Å². The molecular formula is C15H20N2OS. The summed E-state index contributed by atoms with van der Waals surface area (Å²) < 4.78 is 5.53. The molecule has 1 aromatic heterocycles. The lowest BCUT2D eigenvalue weighted by atomic mass is 10.2. The van der Waals surface area contributed by atoms with Gasteiger partial charge in [0.2, 0.25) is 0 Å². The minimum atomic E-state index is 0.0382. The summed E-state index contributed by atoms with van der Waals surface area (Å²) in [5.41, 5.74) is 8.21. The maximum absolute atomic E-state index is 6.00. The van der Waals surface area contributed by atoms with E-state index in [1.165, 1.54) is 4.88 Å². The van der Waals surface area contributed by atoms with Gasteiger partial charge in [0.15, 0.2) is 0 Å². The highest BCUT2D eigenvalue weighted by molar-refractivity contribution is 7.15. The third-order valence-electron chi connectivity index (χ3n) is 2.87. The van der Waals surface area contributed by atoms with Crippen molar-refractivity contribution in [1.82, 2.24) is 4.98 Å². The summed E-state index contributed by atoms with van der Waals surface area (Å²) in [5, 5.41) is 1.02. The van der Waals surface area contributed by atoms with Gasteiger partial charge in [-0.3, -0.25) is 0 Å². The summed E-state index contributed by atoms with van der Waals surface area (Å²) in [6.45, 7) is 6.78. The predicted molar refractivity (Wildman–Crippen MR) is 80.7 cm³/mol. The molecule has 19 heavy (non-hydrogen) atoms. The monoisotopic (exact) mass is 276 g/mol. The van der Waals surface area contributed by atoms with Gasteiger partial charge in [0, 0.05) is 16.5 Å². The maximum Gasteiger partial charge on any atom is 0.124 e. The smallest absolute Gasteiger partial charge is 0.124 e. The van der Waals surface area contributed by atoms with E-state index in [0.717, 1.165) is 28.4 Å². The summed E-state index contributed by atoms with van der Waals surface area (Å²) in [4.78, 5) is 5.88. The molecule has 0 bridgehead atoms. The lowest BCUT2D eigenvalue weighted by Crippen LogP contribution is -2.05. The van der Waals surface area contributed by atoms with Crippen LogP contribution in [0.4, 0.5) is 0 Å². The normalized spacial score (nSPS) is 12.4. The largest absolute Gasteiger partial charge is 0.494 e. The zero-order valence-corrected chi connectivity index (χ0v) is 12.5. The number of hydrogen-bond acceptors (Lipinski definition) is 4. The lowest BCUT2D eigenvalue weighted by molar-refractivity contribution is 0.340. The minimum Gasteiger partial charge on any atom is -0.494 e. The van der Waals surface area contributed by atoms with Gasteiger partial charge >= 0.3 is 0 Å². The Morgan fingerprint density at radius 1 is 1.37 bits per heavy atom. The van der Waals surface area contributed by atoms with Crippen LogP contribution in [0.15, 0.2) is 24.3 Å². The molecule has 1 heterocycles. The molecule has 0 amide bonds. The summed E-state index contributed by atoms with van der Waals surface area (Å²) >= 11 is 1.68. The molecule has 1 unspecified atom stereocenters. The Balaban J connectivity index is 2.38. The van der Waals surface area contributed by atoms with Gasteiger partial charge in [-0.05, 0) is 32.4 Å². The first kappa shape index (κ1) is 14.0. The molecule has 0 aliphatic heterocycles. The van der Waals surface area contributed by atoms with Gasteiger partial charge in [-0.1, -0.05) is 19.1 Å². The van der Waals surface area contributed by atoms with E-state index in [-0.39, 0.29) is 6.04 Å². The van der Waals surface area contributed by atoms with Gasteiger partial charge in [-0.15, -0.1) is 11.3 Å².